The fourth-order valence-corrected chi connectivity index (χ4v) is 6.16. The van der Waals surface area contributed by atoms with Crippen LogP contribution in [0.25, 0.3) is 11.3 Å². The summed E-state index contributed by atoms with van der Waals surface area (Å²) in [5, 5.41) is 15.3. The fraction of sp³-hybridized carbons (Fsp3) is 0.577. The zero-order valence-corrected chi connectivity index (χ0v) is 19.9. The summed E-state index contributed by atoms with van der Waals surface area (Å²) in [6.07, 6.45) is 5.84. The van der Waals surface area contributed by atoms with Crippen molar-refractivity contribution < 1.29 is 9.90 Å². The van der Waals surface area contributed by atoms with Gasteiger partial charge in [0.05, 0.1) is 24.2 Å². The van der Waals surface area contributed by atoms with Gasteiger partial charge in [-0.15, -0.1) is 0 Å². The third kappa shape index (κ3) is 4.14. The molecule has 8 heteroatoms. The van der Waals surface area contributed by atoms with E-state index in [1.54, 1.807) is 17.0 Å². The number of hydrogen-bond donors (Lipinski definition) is 2. The lowest BCUT2D eigenvalue weighted by Gasteiger charge is -2.53. The van der Waals surface area contributed by atoms with E-state index < -0.39 is 11.0 Å². The van der Waals surface area contributed by atoms with Gasteiger partial charge in [0.2, 0.25) is 0 Å². The smallest absolute Gasteiger partial charge is 0.320 e. The molecule has 2 N–H and O–H groups in total. The number of hydrogen-bond acceptors (Lipinski definition) is 5. The lowest BCUT2D eigenvalue weighted by molar-refractivity contribution is -0.136. The van der Waals surface area contributed by atoms with Crippen molar-refractivity contribution >= 4 is 6.03 Å². The van der Waals surface area contributed by atoms with Crippen molar-refractivity contribution in [3.05, 3.63) is 53.1 Å². The average Bonchev–Trinajstić information content (AvgIpc) is 3.33. The summed E-state index contributed by atoms with van der Waals surface area (Å²) in [4.78, 5) is 34.8. The van der Waals surface area contributed by atoms with Crippen molar-refractivity contribution in [3.8, 4) is 11.3 Å². The number of piperazine rings is 1. The van der Waals surface area contributed by atoms with Crippen molar-refractivity contribution in [1.29, 1.82) is 0 Å². The molecule has 2 amide bonds. The second-order valence-corrected chi connectivity index (χ2v) is 10.3. The third-order valence-electron chi connectivity index (χ3n) is 8.24. The molecule has 0 bridgehead atoms. The molecule has 1 aromatic carbocycles. The largest absolute Gasteiger partial charge is 0.387 e. The van der Waals surface area contributed by atoms with E-state index in [-0.39, 0.29) is 24.2 Å². The number of likely N-dealkylation sites (tertiary alicyclic amines) is 1. The molecule has 182 valence electrons. The van der Waals surface area contributed by atoms with Crippen LogP contribution in [0.4, 0.5) is 4.79 Å². The quantitative estimate of drug-likeness (QED) is 0.726. The van der Waals surface area contributed by atoms with Gasteiger partial charge in [-0.1, -0.05) is 43.2 Å². The topological polar surface area (TPSA) is 90.7 Å². The number of nitrogens with one attached hydrogen (secondary N) is 1. The summed E-state index contributed by atoms with van der Waals surface area (Å²) in [5.74, 6) is 0. The molecule has 1 aromatic heterocycles. The Bertz CT molecular complexity index is 1080. The minimum Gasteiger partial charge on any atom is -0.387 e. The summed E-state index contributed by atoms with van der Waals surface area (Å²) in [6, 6.07) is 11.4. The Morgan fingerprint density at radius 1 is 1.18 bits per heavy atom. The fourth-order valence-electron chi connectivity index (χ4n) is 6.16. The van der Waals surface area contributed by atoms with Crippen molar-refractivity contribution in [3.63, 3.8) is 0 Å². The molecule has 3 heterocycles. The van der Waals surface area contributed by atoms with Gasteiger partial charge in [0.15, 0.2) is 0 Å². The Kier molecular flexibility index (Phi) is 6.20. The molecule has 2 aromatic rings. The molecule has 3 aliphatic rings. The highest BCUT2D eigenvalue weighted by atomic mass is 16.3. The molecule has 5 rings (SSSR count). The minimum absolute atomic E-state index is 0.0772. The molecule has 2 atom stereocenters. The SMILES string of the molecule is CC1CNCCN1C(=O)N1CCC(O)(Cn2cnc(-c3ccccc3)cc2=O)C2(CCCC2)C1. The van der Waals surface area contributed by atoms with Gasteiger partial charge in [-0.05, 0) is 26.2 Å². The van der Waals surface area contributed by atoms with Crippen LogP contribution in [0.2, 0.25) is 0 Å². The van der Waals surface area contributed by atoms with E-state index in [0.29, 0.717) is 31.7 Å². The molecule has 34 heavy (non-hydrogen) atoms. The molecular weight excluding hydrogens is 430 g/mol. The van der Waals surface area contributed by atoms with Gasteiger partial charge in [-0.25, -0.2) is 9.78 Å². The second-order valence-electron chi connectivity index (χ2n) is 10.3. The molecule has 1 spiro atoms. The number of rotatable bonds is 3. The van der Waals surface area contributed by atoms with Crippen LogP contribution in [0.15, 0.2) is 47.5 Å². The molecule has 1 saturated carbocycles. The van der Waals surface area contributed by atoms with E-state index in [1.807, 2.05) is 40.1 Å². The van der Waals surface area contributed by atoms with Gasteiger partial charge in [-0.2, -0.15) is 0 Å². The molecule has 3 fully saturated rings. The van der Waals surface area contributed by atoms with E-state index in [9.17, 15) is 14.7 Å². The molecule has 8 nitrogen and oxygen atoms in total. The monoisotopic (exact) mass is 465 g/mol. The van der Waals surface area contributed by atoms with Crippen LogP contribution in [0.3, 0.4) is 0 Å². The summed E-state index contributed by atoms with van der Waals surface area (Å²) < 4.78 is 1.54. The number of aromatic nitrogens is 2. The van der Waals surface area contributed by atoms with Crippen LogP contribution < -0.4 is 10.9 Å². The lowest BCUT2D eigenvalue weighted by Crippen LogP contribution is -2.65. The minimum atomic E-state index is -1.05. The Balaban J connectivity index is 1.37. The Labute approximate surface area is 200 Å². The van der Waals surface area contributed by atoms with Crippen molar-refractivity contribution in [1.82, 2.24) is 24.7 Å². The highest BCUT2D eigenvalue weighted by Crippen LogP contribution is 2.51. The molecule has 2 aliphatic heterocycles. The standard InChI is InChI=1S/C26H35N5O3/c1-20-16-27-12-14-31(20)24(33)29-13-11-26(34,25(17-29)9-5-6-10-25)18-30-19-28-22(15-23(30)32)21-7-3-2-4-8-21/h2-4,7-8,15,19-20,27,34H,5-6,9-14,16-18H2,1H3. The van der Waals surface area contributed by atoms with E-state index in [0.717, 1.165) is 44.3 Å². The predicted octanol–water partition coefficient (Wildman–Crippen LogP) is 2.32. The maximum Gasteiger partial charge on any atom is 0.320 e. The Hall–Kier alpha value is -2.71. The van der Waals surface area contributed by atoms with Crippen LogP contribution in [0, 0.1) is 5.41 Å². The number of carbonyl (C=O) groups is 1. The zero-order chi connectivity index (χ0) is 23.8. The molecule has 2 unspecified atom stereocenters. The lowest BCUT2D eigenvalue weighted by atomic mass is 9.66. The zero-order valence-electron chi connectivity index (χ0n) is 19.9. The second kappa shape index (κ2) is 9.15. The summed E-state index contributed by atoms with van der Waals surface area (Å²) in [6.45, 7) is 5.66. The molecular formula is C26H35N5O3. The van der Waals surface area contributed by atoms with E-state index >= 15 is 0 Å². The summed E-state index contributed by atoms with van der Waals surface area (Å²) >= 11 is 0. The van der Waals surface area contributed by atoms with Crippen LogP contribution in [-0.2, 0) is 6.54 Å². The van der Waals surface area contributed by atoms with Gasteiger partial charge < -0.3 is 20.2 Å². The molecule has 0 radical (unpaired) electrons. The normalized spacial score (nSPS) is 26.7. The average molecular weight is 466 g/mol. The highest BCUT2D eigenvalue weighted by Gasteiger charge is 2.56. The highest BCUT2D eigenvalue weighted by molar-refractivity contribution is 5.75. The van der Waals surface area contributed by atoms with Gasteiger partial charge in [0.1, 0.15) is 0 Å². The number of nitrogens with zero attached hydrogens (tertiary/aromatic N) is 4. The number of aliphatic hydroxyl groups is 1. The Morgan fingerprint density at radius 3 is 2.65 bits per heavy atom. The first-order valence-electron chi connectivity index (χ1n) is 12.5. The van der Waals surface area contributed by atoms with E-state index in [4.69, 9.17) is 0 Å². The number of carbonyl (C=O) groups excluding carboxylic acids is 1. The maximum absolute atomic E-state index is 13.4. The summed E-state index contributed by atoms with van der Waals surface area (Å²) in [7, 11) is 0. The van der Waals surface area contributed by atoms with Gasteiger partial charge >= 0.3 is 6.03 Å². The first-order valence-corrected chi connectivity index (χ1v) is 12.5. The molecule has 1 aliphatic carbocycles. The van der Waals surface area contributed by atoms with Crippen LogP contribution >= 0.6 is 0 Å². The number of amides is 2. The van der Waals surface area contributed by atoms with Crippen LogP contribution in [-0.4, -0.2) is 74.9 Å². The maximum atomic E-state index is 13.4. The van der Waals surface area contributed by atoms with Crippen molar-refractivity contribution in [2.75, 3.05) is 32.7 Å². The Morgan fingerprint density at radius 2 is 1.94 bits per heavy atom. The van der Waals surface area contributed by atoms with Gasteiger partial charge in [-0.3, -0.25) is 9.36 Å². The number of benzene rings is 1. The summed E-state index contributed by atoms with van der Waals surface area (Å²) in [5.41, 5.74) is -0.0737. The van der Waals surface area contributed by atoms with E-state index in [2.05, 4.69) is 17.2 Å². The first-order chi connectivity index (χ1) is 16.4. The third-order valence-corrected chi connectivity index (χ3v) is 8.24. The van der Waals surface area contributed by atoms with E-state index in [1.165, 1.54) is 0 Å². The predicted molar refractivity (Wildman–Crippen MR) is 130 cm³/mol. The van der Waals surface area contributed by atoms with Crippen molar-refractivity contribution in [2.45, 2.75) is 57.2 Å². The van der Waals surface area contributed by atoms with Crippen LogP contribution in [0.1, 0.15) is 39.0 Å². The number of urea groups is 1. The van der Waals surface area contributed by atoms with Crippen LogP contribution in [0.5, 0.6) is 0 Å². The number of piperidine rings is 1. The molecule has 2 saturated heterocycles. The van der Waals surface area contributed by atoms with Gasteiger partial charge in [0, 0.05) is 55.8 Å². The van der Waals surface area contributed by atoms with Crippen molar-refractivity contribution in [2.24, 2.45) is 5.41 Å². The van der Waals surface area contributed by atoms with Gasteiger partial charge in [0.25, 0.3) is 5.56 Å². The first kappa shape index (κ1) is 23.1.